The molecule has 0 aromatic rings. The molecule has 4 fully saturated rings. The predicted octanol–water partition coefficient (Wildman–Crippen LogP) is 1.88. The van der Waals surface area contributed by atoms with Crippen LogP contribution in [0.3, 0.4) is 0 Å². The lowest BCUT2D eigenvalue weighted by Crippen LogP contribution is -2.56. The van der Waals surface area contributed by atoms with E-state index in [2.05, 4.69) is 0 Å². The van der Waals surface area contributed by atoms with Gasteiger partial charge in [0.1, 0.15) is 0 Å². The van der Waals surface area contributed by atoms with Gasteiger partial charge in [-0.15, -0.1) is 0 Å². The Hall–Kier alpha value is -0.570. The van der Waals surface area contributed by atoms with Crippen LogP contribution in [0, 0.1) is 17.3 Å². The molecule has 3 nitrogen and oxygen atoms in total. The Labute approximate surface area is 96.2 Å². The van der Waals surface area contributed by atoms with Gasteiger partial charge in [-0.3, -0.25) is 4.79 Å². The zero-order valence-corrected chi connectivity index (χ0v) is 9.87. The second-order valence-corrected chi connectivity index (χ2v) is 6.44. The maximum atomic E-state index is 11.5. The average Bonchev–Trinajstić information content (AvgIpc) is 2.12. The summed E-state index contributed by atoms with van der Waals surface area (Å²) < 4.78 is 4.80. The van der Waals surface area contributed by atoms with Crippen LogP contribution < -0.4 is 0 Å². The van der Waals surface area contributed by atoms with E-state index >= 15 is 0 Å². The number of rotatable bonds is 2. The van der Waals surface area contributed by atoms with Gasteiger partial charge in [0.2, 0.25) is 0 Å². The number of carbonyl (C=O) groups excluding carboxylic acids is 1. The standard InChI is InChI=1S/C13H20O3/c1-16-11(14)7-12-3-9-2-10(4-12)6-13(15,5-9)8-12/h9-10,15H,2-8H2,1H3/t9-,10-,12?,13?/m1/s1. The second kappa shape index (κ2) is 3.22. The first kappa shape index (κ1) is 10.6. The van der Waals surface area contributed by atoms with E-state index in [4.69, 9.17) is 4.74 Å². The molecule has 0 amide bonds. The van der Waals surface area contributed by atoms with Gasteiger partial charge in [0.25, 0.3) is 0 Å². The Morgan fingerprint density at radius 2 is 1.94 bits per heavy atom. The van der Waals surface area contributed by atoms with Gasteiger partial charge in [-0.05, 0) is 55.8 Å². The summed E-state index contributed by atoms with van der Waals surface area (Å²) in [6, 6.07) is 0. The van der Waals surface area contributed by atoms with E-state index in [0.29, 0.717) is 18.3 Å². The first-order chi connectivity index (χ1) is 7.53. The highest BCUT2D eigenvalue weighted by Gasteiger charge is 2.57. The normalized spacial score (nSPS) is 49.4. The van der Waals surface area contributed by atoms with Crippen LogP contribution in [0.2, 0.25) is 0 Å². The fraction of sp³-hybridized carbons (Fsp3) is 0.923. The fourth-order valence-corrected chi connectivity index (χ4v) is 4.99. The molecule has 4 aliphatic carbocycles. The minimum atomic E-state index is -0.460. The Morgan fingerprint density at radius 1 is 1.31 bits per heavy atom. The molecule has 0 aromatic heterocycles. The summed E-state index contributed by atoms with van der Waals surface area (Å²) >= 11 is 0. The van der Waals surface area contributed by atoms with E-state index in [1.54, 1.807) is 0 Å². The number of ether oxygens (including phenoxy) is 1. The zero-order valence-electron chi connectivity index (χ0n) is 9.87. The molecule has 0 saturated heterocycles. The summed E-state index contributed by atoms with van der Waals surface area (Å²) in [5.41, 5.74) is -0.399. The Bertz CT molecular complexity index is 309. The number of aliphatic hydroxyl groups is 1. The minimum Gasteiger partial charge on any atom is -0.469 e. The molecule has 4 saturated carbocycles. The molecular weight excluding hydrogens is 204 g/mol. The molecular formula is C13H20O3. The van der Waals surface area contributed by atoms with Crippen molar-refractivity contribution in [2.24, 2.45) is 17.3 Å². The molecule has 0 aliphatic heterocycles. The van der Waals surface area contributed by atoms with E-state index in [-0.39, 0.29) is 11.4 Å². The third-order valence-corrected chi connectivity index (χ3v) is 4.90. The molecule has 4 bridgehead atoms. The molecule has 0 heterocycles. The molecule has 0 aromatic carbocycles. The second-order valence-electron chi connectivity index (χ2n) is 6.44. The predicted molar refractivity (Wildman–Crippen MR) is 58.7 cm³/mol. The highest BCUT2D eigenvalue weighted by Crippen LogP contribution is 2.62. The van der Waals surface area contributed by atoms with E-state index in [9.17, 15) is 9.90 Å². The van der Waals surface area contributed by atoms with Crippen molar-refractivity contribution < 1.29 is 14.6 Å². The summed E-state index contributed by atoms with van der Waals surface area (Å²) in [5, 5.41) is 10.5. The van der Waals surface area contributed by atoms with Crippen LogP contribution in [0.1, 0.15) is 44.9 Å². The quantitative estimate of drug-likeness (QED) is 0.728. The van der Waals surface area contributed by atoms with Crippen LogP contribution in [0.5, 0.6) is 0 Å². The molecule has 90 valence electrons. The van der Waals surface area contributed by atoms with E-state index in [0.717, 1.165) is 32.1 Å². The summed E-state index contributed by atoms with van der Waals surface area (Å²) in [4.78, 5) is 11.5. The maximum absolute atomic E-state index is 11.5. The van der Waals surface area contributed by atoms with Gasteiger partial charge >= 0.3 is 5.97 Å². The summed E-state index contributed by atoms with van der Waals surface area (Å²) in [6.45, 7) is 0. The van der Waals surface area contributed by atoms with Gasteiger partial charge in [0.15, 0.2) is 0 Å². The van der Waals surface area contributed by atoms with Crippen LogP contribution in [-0.2, 0) is 9.53 Å². The molecule has 4 aliphatic rings. The maximum Gasteiger partial charge on any atom is 0.306 e. The lowest BCUT2D eigenvalue weighted by Gasteiger charge is -2.60. The molecule has 16 heavy (non-hydrogen) atoms. The van der Waals surface area contributed by atoms with Crippen LogP contribution in [0.15, 0.2) is 0 Å². The van der Waals surface area contributed by atoms with Gasteiger partial charge in [0, 0.05) is 0 Å². The summed E-state index contributed by atoms with van der Waals surface area (Å²) in [6.07, 6.45) is 6.78. The summed E-state index contributed by atoms with van der Waals surface area (Å²) in [5.74, 6) is 1.19. The highest BCUT2D eigenvalue weighted by atomic mass is 16.5. The first-order valence-corrected chi connectivity index (χ1v) is 6.32. The van der Waals surface area contributed by atoms with Crippen molar-refractivity contribution >= 4 is 5.97 Å². The van der Waals surface area contributed by atoms with Crippen LogP contribution in [0.25, 0.3) is 0 Å². The van der Waals surface area contributed by atoms with Gasteiger partial charge < -0.3 is 9.84 Å². The van der Waals surface area contributed by atoms with Gasteiger partial charge in [0.05, 0.1) is 19.1 Å². The SMILES string of the molecule is COC(=O)CC12C[C@H]3C[C@@H](CC(O)(C3)C1)C2. The lowest BCUT2D eigenvalue weighted by molar-refractivity contribution is -0.175. The number of esters is 1. The van der Waals surface area contributed by atoms with Crippen molar-refractivity contribution in [3.8, 4) is 0 Å². The van der Waals surface area contributed by atoms with E-state index in [1.165, 1.54) is 13.5 Å². The third kappa shape index (κ3) is 1.56. The van der Waals surface area contributed by atoms with E-state index in [1.807, 2.05) is 0 Å². The molecule has 3 heteroatoms. The fourth-order valence-electron chi connectivity index (χ4n) is 4.99. The van der Waals surface area contributed by atoms with Gasteiger partial charge in [-0.25, -0.2) is 0 Å². The van der Waals surface area contributed by atoms with Crippen LogP contribution in [0.4, 0.5) is 0 Å². The van der Waals surface area contributed by atoms with Crippen LogP contribution >= 0.6 is 0 Å². The van der Waals surface area contributed by atoms with Crippen molar-refractivity contribution in [3.63, 3.8) is 0 Å². The van der Waals surface area contributed by atoms with Crippen molar-refractivity contribution in [1.82, 2.24) is 0 Å². The van der Waals surface area contributed by atoms with Gasteiger partial charge in [-0.1, -0.05) is 0 Å². The van der Waals surface area contributed by atoms with Crippen molar-refractivity contribution in [1.29, 1.82) is 0 Å². The molecule has 0 spiro atoms. The molecule has 1 N–H and O–H groups in total. The van der Waals surface area contributed by atoms with Crippen molar-refractivity contribution in [2.75, 3.05) is 7.11 Å². The Morgan fingerprint density at radius 3 is 2.44 bits per heavy atom. The lowest BCUT2D eigenvalue weighted by atomic mass is 9.47. The molecule has 4 rings (SSSR count). The number of hydrogen-bond donors (Lipinski definition) is 1. The van der Waals surface area contributed by atoms with Crippen LogP contribution in [-0.4, -0.2) is 23.8 Å². The van der Waals surface area contributed by atoms with Gasteiger partial charge in [-0.2, -0.15) is 0 Å². The largest absolute Gasteiger partial charge is 0.469 e. The summed E-state index contributed by atoms with van der Waals surface area (Å²) in [7, 11) is 1.46. The number of hydrogen-bond acceptors (Lipinski definition) is 3. The monoisotopic (exact) mass is 224 g/mol. The van der Waals surface area contributed by atoms with E-state index < -0.39 is 5.60 Å². The minimum absolute atomic E-state index is 0.0614. The first-order valence-electron chi connectivity index (χ1n) is 6.32. The highest BCUT2D eigenvalue weighted by molar-refractivity contribution is 5.70. The molecule has 2 atom stereocenters. The topological polar surface area (TPSA) is 46.5 Å². The zero-order chi connectivity index (χ0) is 11.4. The van der Waals surface area contributed by atoms with Crippen molar-refractivity contribution in [3.05, 3.63) is 0 Å². The Kier molecular flexibility index (Phi) is 2.13. The molecule has 0 radical (unpaired) electrons. The smallest absolute Gasteiger partial charge is 0.306 e. The average molecular weight is 224 g/mol. The Balaban J connectivity index is 1.83. The third-order valence-electron chi connectivity index (χ3n) is 4.90. The number of methoxy groups -OCH3 is 1. The van der Waals surface area contributed by atoms with Crippen molar-refractivity contribution in [2.45, 2.75) is 50.5 Å². The number of carbonyl (C=O) groups is 1. The molecule has 0 unspecified atom stereocenters.